The van der Waals surface area contributed by atoms with E-state index in [1.54, 1.807) is 13.8 Å². The van der Waals surface area contributed by atoms with Gasteiger partial charge in [-0.25, -0.2) is 4.79 Å². The van der Waals surface area contributed by atoms with Crippen molar-refractivity contribution in [2.24, 2.45) is 17.4 Å². The second-order valence-corrected chi connectivity index (χ2v) is 26.5. The lowest BCUT2D eigenvalue weighted by Gasteiger charge is -2.34. The normalized spacial score (nSPS) is 28.1. The van der Waals surface area contributed by atoms with Crippen molar-refractivity contribution < 1.29 is 98.0 Å². The Bertz CT molecular complexity index is 2850. The molecule has 20 N–H and O–H groups in total. The van der Waals surface area contributed by atoms with Gasteiger partial charge in [0.2, 0.25) is 59.1 Å². The molecule has 17 atom stereocenters. The van der Waals surface area contributed by atoms with Gasteiger partial charge in [-0.2, -0.15) is 0 Å². The van der Waals surface area contributed by atoms with Gasteiger partial charge in [0.25, 0.3) is 5.91 Å². The van der Waals surface area contributed by atoms with Crippen molar-refractivity contribution in [3.05, 3.63) is 29.8 Å². The van der Waals surface area contributed by atoms with Crippen LogP contribution in [0.2, 0.25) is 0 Å². The van der Waals surface area contributed by atoms with Crippen LogP contribution in [0.4, 0.5) is 0 Å². The summed E-state index contributed by atoms with van der Waals surface area (Å²) in [5.74, 6) is -14.1. The Balaban J connectivity index is 1.79. The third-order valence-electron chi connectivity index (χ3n) is 17.7. The number of unbranched alkanes of at least 4 members (excludes halogenated alkanes) is 10. The van der Waals surface area contributed by atoms with E-state index in [-0.39, 0.29) is 63.9 Å². The van der Waals surface area contributed by atoms with Crippen LogP contribution >= 0.6 is 0 Å². The average Bonchev–Trinajstić information content (AvgIpc) is 1.69. The molecule has 1 aromatic rings. The third-order valence-corrected chi connectivity index (χ3v) is 17.7. The number of phenols is 1. The highest BCUT2D eigenvalue weighted by Gasteiger charge is 2.48. The van der Waals surface area contributed by atoms with Crippen LogP contribution in [0.15, 0.2) is 24.3 Å². The lowest BCUT2D eigenvalue weighted by Crippen LogP contribution is -2.63. The van der Waals surface area contributed by atoms with Crippen LogP contribution in [-0.4, -0.2) is 252 Å². The summed E-state index contributed by atoms with van der Waals surface area (Å²) < 4.78 is 5.83. The summed E-state index contributed by atoms with van der Waals surface area (Å²) >= 11 is 0. The van der Waals surface area contributed by atoms with Gasteiger partial charge in [0.05, 0.1) is 43.2 Å². The molecular formula is C66H109N13O20. The summed E-state index contributed by atoms with van der Waals surface area (Å²) in [6.45, 7) is 7.81. The molecule has 3 saturated heterocycles. The molecule has 1 aromatic carbocycles. The second-order valence-electron chi connectivity index (χ2n) is 26.5. The number of cyclic esters (lactones) is 1. The van der Waals surface area contributed by atoms with Gasteiger partial charge in [-0.1, -0.05) is 97.1 Å². The van der Waals surface area contributed by atoms with Gasteiger partial charge in [0.15, 0.2) is 6.10 Å². The fourth-order valence-corrected chi connectivity index (χ4v) is 11.9. The van der Waals surface area contributed by atoms with Crippen LogP contribution in [0.5, 0.6) is 5.75 Å². The first-order valence-corrected chi connectivity index (χ1v) is 34.6. The molecule has 33 nitrogen and oxygen atoms in total. The molecule has 11 amide bonds. The number of fused-ring (bicyclic) bond motifs is 2. The molecule has 0 unspecified atom stereocenters. The van der Waals surface area contributed by atoms with Crippen molar-refractivity contribution in [3.63, 3.8) is 0 Å². The fourth-order valence-electron chi connectivity index (χ4n) is 11.9. The highest BCUT2D eigenvalue weighted by Crippen LogP contribution is 2.25. The summed E-state index contributed by atoms with van der Waals surface area (Å²) in [7, 11) is 0. The first-order valence-electron chi connectivity index (χ1n) is 34.6. The molecule has 99 heavy (non-hydrogen) atoms. The van der Waals surface area contributed by atoms with E-state index in [9.17, 15) is 93.3 Å². The van der Waals surface area contributed by atoms with E-state index in [1.165, 1.54) is 37.6 Å². The molecule has 558 valence electrons. The van der Waals surface area contributed by atoms with Gasteiger partial charge < -0.3 is 110 Å². The van der Waals surface area contributed by atoms with Crippen LogP contribution in [0.1, 0.15) is 163 Å². The molecule has 4 rings (SSSR count). The molecule has 3 heterocycles. The number of benzene rings is 1. The minimum atomic E-state index is -1.95. The van der Waals surface area contributed by atoms with Crippen molar-refractivity contribution in [1.29, 1.82) is 0 Å². The minimum Gasteiger partial charge on any atom is -0.508 e. The maximum atomic E-state index is 14.7. The number of amides is 11. The predicted octanol–water partition coefficient (Wildman–Crippen LogP) is -4.25. The lowest BCUT2D eigenvalue weighted by atomic mass is 9.99. The van der Waals surface area contributed by atoms with Gasteiger partial charge >= 0.3 is 5.97 Å². The number of rotatable bonds is 24. The molecule has 0 saturated carbocycles. The monoisotopic (exact) mass is 1400 g/mol. The molecule has 0 bridgehead atoms. The number of hydrogen-bond donors (Lipinski definition) is 18. The van der Waals surface area contributed by atoms with Crippen molar-refractivity contribution in [2.75, 3.05) is 32.7 Å². The van der Waals surface area contributed by atoms with Crippen molar-refractivity contribution in [2.45, 2.75) is 267 Å². The van der Waals surface area contributed by atoms with Crippen LogP contribution in [0.3, 0.4) is 0 Å². The summed E-state index contributed by atoms with van der Waals surface area (Å²) in [4.78, 5) is 173. The van der Waals surface area contributed by atoms with Crippen molar-refractivity contribution >= 4 is 70.9 Å². The lowest BCUT2D eigenvalue weighted by molar-refractivity contribution is -0.160. The quantitative estimate of drug-likeness (QED) is 0.0344. The van der Waals surface area contributed by atoms with Crippen molar-refractivity contribution in [1.82, 2.24) is 57.7 Å². The Morgan fingerprint density at radius 2 is 1.08 bits per heavy atom. The number of carbonyl (C=O) groups is 12. The van der Waals surface area contributed by atoms with Gasteiger partial charge in [-0.05, 0) is 103 Å². The van der Waals surface area contributed by atoms with E-state index >= 15 is 0 Å². The minimum absolute atomic E-state index is 0.0140. The van der Waals surface area contributed by atoms with Gasteiger partial charge in [0, 0.05) is 25.9 Å². The molecule has 0 radical (unpaired) electrons. The number of carbonyl (C=O) groups excluding carboxylic acids is 12. The average molecular weight is 1400 g/mol. The number of nitrogens with one attached hydrogen (secondary N) is 9. The van der Waals surface area contributed by atoms with E-state index < -0.39 is 200 Å². The topological polar surface area (TPSA) is 522 Å². The van der Waals surface area contributed by atoms with E-state index in [0.717, 1.165) is 81.9 Å². The Morgan fingerprint density at radius 3 is 1.66 bits per heavy atom. The number of nitrogens with two attached hydrogens (primary N) is 2. The van der Waals surface area contributed by atoms with Gasteiger partial charge in [-0.15, -0.1) is 0 Å². The van der Waals surface area contributed by atoms with E-state index in [4.69, 9.17) is 16.2 Å². The van der Waals surface area contributed by atoms with Crippen LogP contribution < -0.4 is 59.3 Å². The van der Waals surface area contributed by atoms with Crippen molar-refractivity contribution in [3.8, 4) is 5.75 Å². The number of esters is 1. The second kappa shape index (κ2) is 41.8. The number of ether oxygens (including phenoxy) is 1. The smallest absolute Gasteiger partial charge is 0.329 e. The Kier molecular flexibility index (Phi) is 35.4. The standard InChI is InChI=1S/C66H109N13O20/c1-8-9-10-11-12-13-14-15-16-17-18-21-48-59(91)75-52(38(6)81)61(93)70-36(4)56(88)72-44(31-40-22-24-41(83)25-23-40)57(89)74-50(35(2)3)64(96)79-34-42(84)32-45(79)58(90)76-53(39(7)82)65(97)78-30-27-47(86)55(78)63(95)77-54(46(85)26-29-68)60(92)69-33-49(87)73-51(37(5)80)62(94)71-43(20-19-28-67)66(98)99-48/h22-25,35-39,42-48,50-55,80-86H,8-21,26-34,67-68H2,1-7H3,(H,69,92)(H,70,93)(H,71,94)(H,72,88)(H,73,87)(H,74,89)(H,75,91)(H,76,90)(H,77,95)/t36-,37-,38-,39-,42-,43+,44+,45+,46-,47+,48-,50+,51-,52+,53+,54+,55-/m1/s1. The SMILES string of the molecule is CCCCCCCCCCCCC[C@H]1OC(=O)[C@H](CCCN)NC(=O)[C@@H]([C@@H](C)O)NC(=O)CNC(=O)[C@H]([C@H](O)CCN)NC(=O)[C@H]2[C@@H](O)CCN2C(=O)[C@H]([C@@H](C)O)NC(=O)[C@@H]2C[C@@H](O)CN2C(=O)[C@H](C(C)C)NC(=O)[C@H](Cc2ccc(O)cc2)NC(=O)[C@@H](C)NC(=O)[C@H]([C@@H](C)O)NC1=O. The fraction of sp³-hybridized carbons (Fsp3) is 0.727. The Morgan fingerprint density at radius 1 is 0.545 bits per heavy atom. The summed E-state index contributed by atoms with van der Waals surface area (Å²) in [6, 6.07) is -11.6. The molecule has 3 aliphatic rings. The van der Waals surface area contributed by atoms with Crippen LogP contribution in [0.25, 0.3) is 0 Å². The number of aliphatic hydroxyl groups is 6. The molecule has 0 spiro atoms. The number of aromatic hydroxyl groups is 1. The Hall–Kier alpha value is -7.66. The molecule has 3 aliphatic heterocycles. The highest BCUT2D eigenvalue weighted by molar-refractivity contribution is 6.00. The van der Waals surface area contributed by atoms with Crippen LogP contribution in [-0.2, 0) is 68.7 Å². The zero-order valence-corrected chi connectivity index (χ0v) is 58.0. The first kappa shape index (κ1) is 83.8. The predicted molar refractivity (Wildman–Crippen MR) is 357 cm³/mol. The zero-order chi connectivity index (χ0) is 73.8. The molecule has 0 aliphatic carbocycles. The summed E-state index contributed by atoms with van der Waals surface area (Å²) in [5.41, 5.74) is 11.9. The third kappa shape index (κ3) is 26.1. The zero-order valence-electron chi connectivity index (χ0n) is 58.0. The number of aliphatic hydroxyl groups excluding tert-OH is 6. The molecule has 0 aromatic heterocycles. The summed E-state index contributed by atoms with van der Waals surface area (Å²) in [5, 5.41) is 98.1. The van der Waals surface area contributed by atoms with E-state index in [0.29, 0.717) is 18.4 Å². The van der Waals surface area contributed by atoms with E-state index in [1.807, 2.05) is 0 Å². The largest absolute Gasteiger partial charge is 0.508 e. The van der Waals surface area contributed by atoms with Crippen LogP contribution in [0, 0.1) is 5.92 Å². The Labute approximate surface area is 577 Å². The van der Waals surface area contributed by atoms with Gasteiger partial charge in [-0.3, -0.25) is 52.7 Å². The van der Waals surface area contributed by atoms with Gasteiger partial charge in [0.1, 0.15) is 66.2 Å². The number of hydrogen-bond acceptors (Lipinski definition) is 22. The maximum absolute atomic E-state index is 14.7. The highest BCUT2D eigenvalue weighted by atomic mass is 16.5. The molecule has 3 fully saturated rings. The molecule has 33 heteroatoms. The first-order chi connectivity index (χ1) is 46.8. The number of phenolic OH excluding ortho intramolecular Hbond substituents is 1. The maximum Gasteiger partial charge on any atom is 0.329 e. The summed E-state index contributed by atoms with van der Waals surface area (Å²) in [6.07, 6.45) is -2.86. The number of nitrogens with zero attached hydrogens (tertiary/aromatic N) is 2. The molecular weight excluding hydrogens is 1290 g/mol. The van der Waals surface area contributed by atoms with E-state index in [2.05, 4.69) is 54.8 Å².